The van der Waals surface area contributed by atoms with E-state index in [2.05, 4.69) is 20.5 Å². The second-order valence-corrected chi connectivity index (χ2v) is 7.88. The first-order valence-electron chi connectivity index (χ1n) is 8.51. The molecule has 0 bridgehead atoms. The minimum absolute atomic E-state index is 0.0249. The summed E-state index contributed by atoms with van der Waals surface area (Å²) in [7, 11) is 0. The minimum atomic E-state index is -2.96. The minimum Gasteiger partial charge on any atom is -0.433 e. The lowest BCUT2D eigenvalue weighted by Crippen LogP contribution is -2.20. The van der Waals surface area contributed by atoms with Crippen molar-refractivity contribution in [2.24, 2.45) is 0 Å². The number of aryl methyl sites for hydroxylation is 1. The summed E-state index contributed by atoms with van der Waals surface area (Å²) >= 11 is 23.6. The highest BCUT2D eigenvalue weighted by Crippen LogP contribution is 2.28. The molecule has 0 spiro atoms. The zero-order valence-corrected chi connectivity index (χ0v) is 18.5. The van der Waals surface area contributed by atoms with Gasteiger partial charge in [-0.3, -0.25) is 4.68 Å². The van der Waals surface area contributed by atoms with Gasteiger partial charge in [0.1, 0.15) is 10.8 Å². The van der Waals surface area contributed by atoms with Crippen molar-refractivity contribution in [3.05, 3.63) is 68.8 Å². The van der Waals surface area contributed by atoms with Gasteiger partial charge < -0.3 is 15.4 Å². The molecule has 0 aliphatic carbocycles. The van der Waals surface area contributed by atoms with E-state index in [1.165, 1.54) is 6.07 Å². The second-order valence-electron chi connectivity index (χ2n) is 6.22. The number of ether oxygens (including phenoxy) is 1. The second kappa shape index (κ2) is 9.78. The summed E-state index contributed by atoms with van der Waals surface area (Å²) in [6.07, 6.45) is 1.61. The van der Waals surface area contributed by atoms with E-state index in [1.807, 2.05) is 0 Å². The topological polar surface area (TPSA) is 51.1 Å². The van der Waals surface area contributed by atoms with E-state index in [9.17, 15) is 8.78 Å². The van der Waals surface area contributed by atoms with E-state index in [1.54, 1.807) is 48.1 Å². The van der Waals surface area contributed by atoms with Crippen LogP contribution >= 0.6 is 47.0 Å². The highest BCUT2D eigenvalue weighted by atomic mass is 35.5. The molecule has 0 aliphatic heterocycles. The molecule has 2 N–H and O–H groups in total. The molecule has 0 unspecified atom stereocenters. The lowest BCUT2D eigenvalue weighted by atomic mass is 10.2. The molecule has 3 rings (SSSR count). The van der Waals surface area contributed by atoms with Crippen molar-refractivity contribution in [1.82, 2.24) is 9.78 Å². The number of aromatic nitrogens is 2. The van der Waals surface area contributed by atoms with Crippen LogP contribution in [0.2, 0.25) is 15.1 Å². The monoisotopic (exact) mass is 490 g/mol. The van der Waals surface area contributed by atoms with Gasteiger partial charge in [-0.25, -0.2) is 0 Å². The number of alkyl halides is 2. The van der Waals surface area contributed by atoms with E-state index in [0.717, 1.165) is 11.1 Å². The van der Waals surface area contributed by atoms with Crippen LogP contribution in [0.25, 0.3) is 0 Å². The fourth-order valence-corrected chi connectivity index (χ4v) is 3.45. The number of thiocarbonyl (C=S) groups is 1. The summed E-state index contributed by atoms with van der Waals surface area (Å²) < 4.78 is 31.4. The molecular formula is C19H15Cl3F2N4OS. The number of nitrogens with zero attached hydrogens (tertiary/aromatic N) is 2. The largest absolute Gasteiger partial charge is 0.433 e. The van der Waals surface area contributed by atoms with Gasteiger partial charge in [-0.1, -0.05) is 46.9 Å². The molecule has 30 heavy (non-hydrogen) atoms. The van der Waals surface area contributed by atoms with Gasteiger partial charge in [-0.05, 0) is 54.5 Å². The number of rotatable bonds is 6. The van der Waals surface area contributed by atoms with Crippen LogP contribution < -0.4 is 15.4 Å². The zero-order valence-electron chi connectivity index (χ0n) is 15.4. The zero-order chi connectivity index (χ0) is 21.8. The van der Waals surface area contributed by atoms with Gasteiger partial charge in [-0.2, -0.15) is 13.9 Å². The summed E-state index contributed by atoms with van der Waals surface area (Å²) in [4.78, 5) is 0. The molecule has 3 aromatic rings. The molecule has 0 aliphatic rings. The molecule has 0 atom stereocenters. The van der Waals surface area contributed by atoms with Gasteiger partial charge in [0.25, 0.3) is 0 Å². The first kappa shape index (κ1) is 22.6. The maximum absolute atomic E-state index is 12.7. The quantitative estimate of drug-likeness (QED) is 0.380. The maximum atomic E-state index is 12.7. The Morgan fingerprint density at radius 2 is 1.90 bits per heavy atom. The fourth-order valence-electron chi connectivity index (χ4n) is 2.57. The molecule has 0 saturated carbocycles. The van der Waals surface area contributed by atoms with Crippen LogP contribution in [0, 0.1) is 6.92 Å². The van der Waals surface area contributed by atoms with Crippen LogP contribution in [0.5, 0.6) is 5.75 Å². The van der Waals surface area contributed by atoms with Crippen LogP contribution in [-0.4, -0.2) is 21.5 Å². The smallest absolute Gasteiger partial charge is 0.387 e. The van der Waals surface area contributed by atoms with E-state index in [-0.39, 0.29) is 16.5 Å². The summed E-state index contributed by atoms with van der Waals surface area (Å²) in [6, 6.07) is 9.97. The van der Waals surface area contributed by atoms with Crippen LogP contribution in [-0.2, 0) is 6.54 Å². The number of hydrogen-bond acceptors (Lipinski definition) is 3. The number of anilines is 2. The van der Waals surface area contributed by atoms with Crippen LogP contribution in [0.1, 0.15) is 11.1 Å². The Hall–Kier alpha value is -2.13. The Morgan fingerprint density at radius 1 is 1.13 bits per heavy atom. The van der Waals surface area contributed by atoms with Gasteiger partial charge >= 0.3 is 6.61 Å². The Labute approximate surface area is 191 Å². The Balaban J connectivity index is 1.70. The van der Waals surface area contributed by atoms with Gasteiger partial charge in [0, 0.05) is 16.2 Å². The van der Waals surface area contributed by atoms with Gasteiger partial charge in [0.15, 0.2) is 10.9 Å². The predicted octanol–water partition coefficient (Wildman–Crippen LogP) is 6.61. The molecule has 0 fully saturated rings. The highest BCUT2D eigenvalue weighted by molar-refractivity contribution is 7.80. The van der Waals surface area contributed by atoms with E-state index < -0.39 is 6.61 Å². The summed E-state index contributed by atoms with van der Waals surface area (Å²) in [5.74, 6) is 0.269. The van der Waals surface area contributed by atoms with Crippen molar-refractivity contribution >= 4 is 63.6 Å². The standard InChI is InChI=1S/C19H15Cl3F2N4OS/c1-10-2-5-15(16(6-10)29-18(23)24)25-19(30)26-17-14(22)9-28(27-17)8-11-3-4-12(20)7-13(11)21/h2-7,9,18H,8H2,1H3,(H2,25,26,27,30). The third-order valence-corrected chi connectivity index (χ3v) is 4.97. The van der Waals surface area contributed by atoms with Crippen molar-refractivity contribution < 1.29 is 13.5 Å². The SMILES string of the molecule is Cc1ccc(NC(=S)Nc2nn(Cc3ccc(Cl)cc3Cl)cc2Cl)c(OC(F)F)c1. The third kappa shape index (κ3) is 5.95. The number of nitrogens with one attached hydrogen (secondary N) is 2. The number of hydrogen-bond donors (Lipinski definition) is 2. The Bertz CT molecular complexity index is 1080. The Morgan fingerprint density at radius 3 is 2.60 bits per heavy atom. The van der Waals surface area contributed by atoms with Gasteiger partial charge in [0.05, 0.1) is 12.2 Å². The fraction of sp³-hybridized carbons (Fsp3) is 0.158. The molecule has 0 saturated heterocycles. The molecule has 1 heterocycles. The van der Waals surface area contributed by atoms with Crippen molar-refractivity contribution in [3.8, 4) is 5.75 Å². The Kier molecular flexibility index (Phi) is 7.36. The average Bonchev–Trinajstić information content (AvgIpc) is 2.98. The van der Waals surface area contributed by atoms with Crippen molar-refractivity contribution in [2.45, 2.75) is 20.1 Å². The molecule has 0 amide bonds. The molecule has 11 heteroatoms. The molecule has 0 radical (unpaired) electrons. The van der Waals surface area contributed by atoms with E-state index >= 15 is 0 Å². The van der Waals surface area contributed by atoms with E-state index in [0.29, 0.717) is 27.4 Å². The first-order chi connectivity index (χ1) is 14.2. The van der Waals surface area contributed by atoms with Crippen molar-refractivity contribution in [2.75, 3.05) is 10.6 Å². The first-order valence-corrected chi connectivity index (χ1v) is 10.1. The summed E-state index contributed by atoms with van der Waals surface area (Å²) in [6.45, 7) is -0.835. The highest BCUT2D eigenvalue weighted by Gasteiger charge is 2.14. The van der Waals surface area contributed by atoms with E-state index in [4.69, 9.17) is 47.0 Å². The van der Waals surface area contributed by atoms with Crippen LogP contribution in [0.15, 0.2) is 42.6 Å². The lowest BCUT2D eigenvalue weighted by molar-refractivity contribution is -0.0493. The predicted molar refractivity (Wildman–Crippen MR) is 120 cm³/mol. The van der Waals surface area contributed by atoms with Crippen molar-refractivity contribution in [1.29, 1.82) is 0 Å². The van der Waals surface area contributed by atoms with Crippen LogP contribution in [0.4, 0.5) is 20.3 Å². The van der Waals surface area contributed by atoms with Crippen LogP contribution in [0.3, 0.4) is 0 Å². The number of halogens is 5. The molecule has 2 aromatic carbocycles. The molecule has 158 valence electrons. The van der Waals surface area contributed by atoms with Gasteiger partial charge in [0.2, 0.25) is 0 Å². The molecule has 5 nitrogen and oxygen atoms in total. The normalized spacial score (nSPS) is 10.9. The molecular weight excluding hydrogens is 477 g/mol. The summed E-state index contributed by atoms with van der Waals surface area (Å²) in [5, 5.41) is 11.5. The number of benzene rings is 2. The average molecular weight is 492 g/mol. The van der Waals surface area contributed by atoms with Crippen molar-refractivity contribution in [3.63, 3.8) is 0 Å². The third-order valence-electron chi connectivity index (χ3n) is 3.90. The molecule has 1 aromatic heterocycles. The summed E-state index contributed by atoms with van der Waals surface area (Å²) in [5.41, 5.74) is 1.85. The maximum Gasteiger partial charge on any atom is 0.387 e. The lowest BCUT2D eigenvalue weighted by Gasteiger charge is -2.14. The van der Waals surface area contributed by atoms with Gasteiger partial charge in [-0.15, -0.1) is 0 Å².